The highest BCUT2D eigenvalue weighted by molar-refractivity contribution is 7.92. The number of hydrogen-bond acceptors (Lipinski definition) is 4. The first-order chi connectivity index (χ1) is 16.0. The molecule has 1 aliphatic carbocycles. The van der Waals surface area contributed by atoms with E-state index < -0.39 is 15.9 Å². The Balaban J connectivity index is 1.81. The zero-order chi connectivity index (χ0) is 24.9. The van der Waals surface area contributed by atoms with Crippen LogP contribution in [0.25, 0.3) is 0 Å². The van der Waals surface area contributed by atoms with Gasteiger partial charge in [0.15, 0.2) is 0 Å². The third-order valence-corrected chi connectivity index (χ3v) is 8.44. The Morgan fingerprint density at radius 2 is 1.68 bits per heavy atom. The second kappa shape index (κ2) is 10.7. The number of carbonyl (C=O) groups is 1. The molecule has 0 atom stereocenters. The molecule has 0 unspecified atom stereocenters. The van der Waals surface area contributed by atoms with Crippen molar-refractivity contribution in [3.8, 4) is 0 Å². The Bertz CT molecular complexity index is 1120. The molecule has 0 saturated heterocycles. The van der Waals surface area contributed by atoms with Crippen molar-refractivity contribution < 1.29 is 13.2 Å². The lowest BCUT2D eigenvalue weighted by atomic mass is 9.72. The normalized spacial score (nSPS) is 16.7. The fraction of sp³-hybridized carbons (Fsp3) is 0.481. The van der Waals surface area contributed by atoms with Gasteiger partial charge < -0.3 is 0 Å². The van der Waals surface area contributed by atoms with Crippen molar-refractivity contribution in [1.82, 2.24) is 5.43 Å². The molecule has 1 aliphatic rings. The Hall–Kier alpha value is -2.67. The maximum atomic E-state index is 13.6. The first-order valence-corrected chi connectivity index (χ1v) is 13.5. The Morgan fingerprint density at radius 1 is 1.06 bits per heavy atom. The quantitative estimate of drug-likeness (QED) is 0.531. The van der Waals surface area contributed by atoms with Crippen LogP contribution in [0.1, 0.15) is 64.5 Å². The molecule has 1 fully saturated rings. The van der Waals surface area contributed by atoms with Crippen LogP contribution >= 0.6 is 0 Å². The highest BCUT2D eigenvalue weighted by Gasteiger charge is 2.30. The van der Waals surface area contributed by atoms with Crippen molar-refractivity contribution in [3.05, 3.63) is 59.7 Å². The largest absolute Gasteiger partial charge is 0.271 e. The predicted molar refractivity (Wildman–Crippen MR) is 139 cm³/mol. The number of benzene rings is 2. The highest BCUT2D eigenvalue weighted by Crippen LogP contribution is 2.36. The molecule has 34 heavy (non-hydrogen) atoms. The fourth-order valence-corrected chi connectivity index (χ4v) is 5.89. The molecule has 0 heterocycles. The summed E-state index contributed by atoms with van der Waals surface area (Å²) in [5.74, 6) is 0.190. The molecule has 0 spiro atoms. The zero-order valence-corrected chi connectivity index (χ0v) is 21.8. The van der Waals surface area contributed by atoms with Crippen molar-refractivity contribution in [1.29, 1.82) is 0 Å². The lowest BCUT2D eigenvalue weighted by Gasteiger charge is -2.34. The minimum Gasteiger partial charge on any atom is -0.271 e. The summed E-state index contributed by atoms with van der Waals surface area (Å²) < 4.78 is 28.4. The van der Waals surface area contributed by atoms with Crippen LogP contribution in [-0.4, -0.2) is 26.6 Å². The maximum absolute atomic E-state index is 13.6. The van der Waals surface area contributed by atoms with E-state index in [1.54, 1.807) is 36.4 Å². The molecular formula is C27H37N3O3S. The van der Waals surface area contributed by atoms with Crippen molar-refractivity contribution in [2.24, 2.45) is 16.4 Å². The lowest BCUT2D eigenvalue weighted by molar-refractivity contribution is -0.119. The van der Waals surface area contributed by atoms with Gasteiger partial charge >= 0.3 is 0 Å². The second-order valence-electron chi connectivity index (χ2n) is 10.2. The number of anilines is 1. The number of nitrogens with one attached hydrogen (secondary N) is 1. The van der Waals surface area contributed by atoms with Gasteiger partial charge in [0.1, 0.15) is 6.54 Å². The number of nitrogens with zero attached hydrogens (tertiary/aromatic N) is 2. The number of rotatable bonds is 7. The van der Waals surface area contributed by atoms with Crippen LogP contribution in [-0.2, 0) is 21.2 Å². The van der Waals surface area contributed by atoms with Crippen molar-refractivity contribution in [2.45, 2.75) is 71.6 Å². The van der Waals surface area contributed by atoms with Gasteiger partial charge in [-0.3, -0.25) is 9.10 Å². The predicted octanol–water partition coefficient (Wildman–Crippen LogP) is 5.46. The molecule has 184 valence electrons. The summed E-state index contributed by atoms with van der Waals surface area (Å²) in [6.07, 6.45) is 4.46. The molecule has 6 nitrogen and oxygen atoms in total. The number of amides is 1. The van der Waals surface area contributed by atoms with Gasteiger partial charge in [-0.2, -0.15) is 5.10 Å². The highest BCUT2D eigenvalue weighted by atomic mass is 32.2. The summed E-state index contributed by atoms with van der Waals surface area (Å²) in [7, 11) is -3.94. The molecule has 2 aromatic rings. The van der Waals surface area contributed by atoms with Gasteiger partial charge in [-0.15, -0.1) is 0 Å². The van der Waals surface area contributed by atoms with E-state index in [1.165, 1.54) is 4.31 Å². The third kappa shape index (κ3) is 6.26. The Kier molecular flexibility index (Phi) is 8.18. The smallest absolute Gasteiger partial charge is 0.264 e. The van der Waals surface area contributed by atoms with Crippen LogP contribution in [0.3, 0.4) is 0 Å². The summed E-state index contributed by atoms with van der Waals surface area (Å²) in [5, 5.41) is 4.35. The van der Waals surface area contributed by atoms with Crippen LogP contribution in [0.5, 0.6) is 0 Å². The van der Waals surface area contributed by atoms with E-state index >= 15 is 0 Å². The molecule has 2 aromatic carbocycles. The number of sulfonamides is 1. The van der Waals surface area contributed by atoms with Crippen molar-refractivity contribution in [2.75, 3.05) is 10.8 Å². The first kappa shape index (κ1) is 25.9. The molecule has 7 heteroatoms. The van der Waals surface area contributed by atoms with Crippen LogP contribution < -0.4 is 9.73 Å². The number of hydrogen-bond donors (Lipinski definition) is 1. The molecule has 0 radical (unpaired) electrons. The Labute approximate surface area is 204 Å². The van der Waals surface area contributed by atoms with E-state index in [9.17, 15) is 13.2 Å². The molecule has 3 rings (SSSR count). The van der Waals surface area contributed by atoms with Gasteiger partial charge in [0.2, 0.25) is 0 Å². The summed E-state index contributed by atoms with van der Waals surface area (Å²) in [6, 6.07) is 14.0. The summed E-state index contributed by atoms with van der Waals surface area (Å²) in [6.45, 7) is 10.3. The molecule has 0 aliphatic heterocycles. The van der Waals surface area contributed by atoms with Crippen molar-refractivity contribution in [3.63, 3.8) is 0 Å². The average molecular weight is 484 g/mol. The van der Waals surface area contributed by atoms with Gasteiger partial charge in [0.25, 0.3) is 15.9 Å². The molecule has 1 amide bonds. The lowest BCUT2D eigenvalue weighted by Crippen LogP contribution is -2.40. The van der Waals surface area contributed by atoms with E-state index in [-0.39, 0.29) is 16.9 Å². The first-order valence-electron chi connectivity index (χ1n) is 12.0. The van der Waals surface area contributed by atoms with E-state index in [1.807, 2.05) is 26.0 Å². The van der Waals surface area contributed by atoms with Crippen LogP contribution in [0.4, 0.5) is 5.69 Å². The molecule has 1 saturated carbocycles. The van der Waals surface area contributed by atoms with Gasteiger partial charge in [-0.1, -0.05) is 63.6 Å². The van der Waals surface area contributed by atoms with Gasteiger partial charge in [-0.25, -0.2) is 13.8 Å². The summed E-state index contributed by atoms with van der Waals surface area (Å²) in [4.78, 5) is 13.1. The molecule has 0 aromatic heterocycles. The number of aryl methyl sites for hydroxylation is 2. The molecule has 1 N–H and O–H groups in total. The van der Waals surface area contributed by atoms with E-state index in [0.29, 0.717) is 18.0 Å². The van der Waals surface area contributed by atoms with E-state index in [2.05, 4.69) is 31.3 Å². The summed E-state index contributed by atoms with van der Waals surface area (Å²) >= 11 is 0. The standard InChI is InChI=1S/C27H37N3O3S/c1-6-21-9-7-8-10-25(21)30(34(32,33)24-17-11-20(2)12-18-24)19-26(31)29-28-23-15-13-22(14-16-23)27(3,4)5/h7-12,17-18,22H,6,13-16,19H2,1-5H3,(H,29,31). The van der Waals surface area contributed by atoms with Crippen LogP contribution in [0.2, 0.25) is 0 Å². The minimum absolute atomic E-state index is 0.156. The van der Waals surface area contributed by atoms with Crippen LogP contribution in [0.15, 0.2) is 58.5 Å². The monoisotopic (exact) mass is 483 g/mol. The molecular weight excluding hydrogens is 446 g/mol. The van der Waals surface area contributed by atoms with Gasteiger partial charge in [0, 0.05) is 5.71 Å². The minimum atomic E-state index is -3.94. The number of para-hydroxylation sites is 1. The second-order valence-corrected chi connectivity index (χ2v) is 12.0. The third-order valence-electron chi connectivity index (χ3n) is 6.66. The number of carbonyl (C=O) groups excluding carboxylic acids is 1. The van der Waals surface area contributed by atoms with E-state index in [0.717, 1.165) is 42.5 Å². The molecule has 0 bridgehead atoms. The zero-order valence-electron chi connectivity index (χ0n) is 21.0. The SMILES string of the molecule is CCc1ccccc1N(CC(=O)NN=C1CCC(C(C)(C)C)CC1)S(=O)(=O)c1ccc(C)cc1. The van der Waals surface area contributed by atoms with Crippen LogP contribution in [0, 0.1) is 18.3 Å². The topological polar surface area (TPSA) is 78.8 Å². The summed E-state index contributed by atoms with van der Waals surface area (Å²) in [5.41, 5.74) is 6.20. The average Bonchev–Trinajstić information content (AvgIpc) is 2.81. The maximum Gasteiger partial charge on any atom is 0.264 e. The van der Waals surface area contributed by atoms with Gasteiger partial charge in [0.05, 0.1) is 10.6 Å². The van der Waals surface area contributed by atoms with Gasteiger partial charge in [-0.05, 0) is 74.1 Å². The fourth-order valence-electron chi connectivity index (χ4n) is 4.43. The Morgan fingerprint density at radius 3 is 2.26 bits per heavy atom. The number of hydrazone groups is 1. The van der Waals surface area contributed by atoms with E-state index in [4.69, 9.17) is 0 Å². The van der Waals surface area contributed by atoms with Crippen molar-refractivity contribution >= 4 is 27.3 Å².